The third-order valence-corrected chi connectivity index (χ3v) is 5.87. The molecule has 4 nitrogen and oxygen atoms in total. The van der Waals surface area contributed by atoms with E-state index in [9.17, 15) is 0 Å². The summed E-state index contributed by atoms with van der Waals surface area (Å²) < 4.78 is 5.67. The van der Waals surface area contributed by atoms with Gasteiger partial charge < -0.3 is 15.0 Å². The van der Waals surface area contributed by atoms with E-state index in [4.69, 9.17) is 9.73 Å². The Bertz CT molecular complexity index is 570. The maximum Gasteiger partial charge on any atom is 0.193 e. The topological polar surface area (TPSA) is 36.9 Å². The first-order chi connectivity index (χ1) is 12.6. The van der Waals surface area contributed by atoms with Crippen molar-refractivity contribution in [1.82, 2.24) is 10.2 Å². The standard InChI is InChI=1S/C22H35N3O/c1-4-23-21(25-15-18(2)14-19(3)16-25)24-17-22(10-12-26-13-11-22)20-8-6-5-7-9-20/h5-9,18-19H,4,10-17H2,1-3H3,(H,23,24). The van der Waals surface area contributed by atoms with Crippen LogP contribution in [0, 0.1) is 11.8 Å². The van der Waals surface area contributed by atoms with Crippen molar-refractivity contribution in [2.75, 3.05) is 39.4 Å². The molecule has 2 atom stereocenters. The fourth-order valence-electron chi connectivity index (χ4n) is 4.58. The zero-order valence-corrected chi connectivity index (χ0v) is 16.7. The molecule has 1 N–H and O–H groups in total. The number of hydrogen-bond acceptors (Lipinski definition) is 2. The van der Waals surface area contributed by atoms with Crippen LogP contribution in [-0.4, -0.2) is 50.3 Å². The molecular weight excluding hydrogens is 322 g/mol. The molecule has 0 aliphatic carbocycles. The van der Waals surface area contributed by atoms with Crippen LogP contribution in [0.2, 0.25) is 0 Å². The predicted octanol–water partition coefficient (Wildman–Crippen LogP) is 3.68. The van der Waals surface area contributed by atoms with Gasteiger partial charge in [-0.2, -0.15) is 0 Å². The molecule has 2 fully saturated rings. The van der Waals surface area contributed by atoms with Gasteiger partial charge >= 0.3 is 0 Å². The van der Waals surface area contributed by atoms with Gasteiger partial charge in [0, 0.05) is 38.3 Å². The Morgan fingerprint density at radius 3 is 2.42 bits per heavy atom. The number of hydrogen-bond donors (Lipinski definition) is 1. The maximum atomic E-state index is 5.67. The molecule has 0 radical (unpaired) electrons. The molecule has 0 bridgehead atoms. The van der Waals surface area contributed by atoms with Crippen LogP contribution in [-0.2, 0) is 10.2 Å². The van der Waals surface area contributed by atoms with Crippen molar-refractivity contribution in [2.24, 2.45) is 16.8 Å². The number of nitrogens with one attached hydrogen (secondary N) is 1. The van der Waals surface area contributed by atoms with Gasteiger partial charge in [0.25, 0.3) is 0 Å². The molecule has 26 heavy (non-hydrogen) atoms. The van der Waals surface area contributed by atoms with E-state index in [1.807, 2.05) is 0 Å². The molecule has 2 aliphatic heterocycles. The van der Waals surface area contributed by atoms with Crippen molar-refractivity contribution in [3.05, 3.63) is 35.9 Å². The molecule has 0 amide bonds. The Balaban J connectivity index is 1.81. The average molecular weight is 358 g/mol. The molecule has 1 aromatic rings. The molecule has 2 heterocycles. The van der Waals surface area contributed by atoms with Crippen molar-refractivity contribution in [1.29, 1.82) is 0 Å². The summed E-state index contributed by atoms with van der Waals surface area (Å²) in [5.41, 5.74) is 1.51. The fraction of sp³-hybridized carbons (Fsp3) is 0.682. The Morgan fingerprint density at radius 2 is 1.81 bits per heavy atom. The van der Waals surface area contributed by atoms with E-state index in [1.54, 1.807) is 0 Å². The van der Waals surface area contributed by atoms with E-state index in [0.29, 0.717) is 0 Å². The number of benzene rings is 1. The number of aliphatic imine (C=N–C) groups is 1. The quantitative estimate of drug-likeness (QED) is 0.660. The van der Waals surface area contributed by atoms with Gasteiger partial charge in [-0.1, -0.05) is 44.2 Å². The van der Waals surface area contributed by atoms with E-state index in [0.717, 1.165) is 70.0 Å². The summed E-state index contributed by atoms with van der Waals surface area (Å²) in [6, 6.07) is 10.9. The zero-order chi connectivity index (χ0) is 18.4. The summed E-state index contributed by atoms with van der Waals surface area (Å²) >= 11 is 0. The van der Waals surface area contributed by atoms with Gasteiger partial charge in [0.2, 0.25) is 0 Å². The first kappa shape index (κ1) is 19.2. The van der Waals surface area contributed by atoms with E-state index in [2.05, 4.69) is 61.3 Å². The lowest BCUT2D eigenvalue weighted by atomic mass is 9.74. The Morgan fingerprint density at radius 1 is 1.15 bits per heavy atom. The summed E-state index contributed by atoms with van der Waals surface area (Å²) in [6.07, 6.45) is 3.42. The maximum absolute atomic E-state index is 5.67. The summed E-state index contributed by atoms with van der Waals surface area (Å²) in [7, 11) is 0. The fourth-order valence-corrected chi connectivity index (χ4v) is 4.58. The SMILES string of the molecule is CCNC(=NCC1(c2ccccc2)CCOCC1)N1CC(C)CC(C)C1. The van der Waals surface area contributed by atoms with Crippen LogP contribution >= 0.6 is 0 Å². The highest BCUT2D eigenvalue weighted by Crippen LogP contribution is 2.35. The third-order valence-electron chi connectivity index (χ3n) is 5.87. The number of likely N-dealkylation sites (tertiary alicyclic amines) is 1. The smallest absolute Gasteiger partial charge is 0.193 e. The Hall–Kier alpha value is -1.55. The van der Waals surface area contributed by atoms with Gasteiger partial charge in [0.05, 0.1) is 6.54 Å². The van der Waals surface area contributed by atoms with Gasteiger partial charge in [0.1, 0.15) is 0 Å². The van der Waals surface area contributed by atoms with Crippen molar-refractivity contribution in [3.63, 3.8) is 0 Å². The first-order valence-corrected chi connectivity index (χ1v) is 10.3. The minimum absolute atomic E-state index is 0.104. The van der Waals surface area contributed by atoms with Crippen LogP contribution in [0.4, 0.5) is 0 Å². The molecule has 3 rings (SSSR count). The second kappa shape index (κ2) is 8.90. The second-order valence-electron chi connectivity index (χ2n) is 8.28. The number of piperidine rings is 1. The minimum Gasteiger partial charge on any atom is -0.381 e. The molecule has 2 saturated heterocycles. The first-order valence-electron chi connectivity index (χ1n) is 10.3. The summed E-state index contributed by atoms with van der Waals surface area (Å²) in [5.74, 6) is 2.55. The Labute approximate surface area is 159 Å². The number of guanidine groups is 1. The van der Waals surface area contributed by atoms with Crippen molar-refractivity contribution >= 4 is 5.96 Å². The molecule has 2 aliphatic rings. The predicted molar refractivity (Wildman–Crippen MR) is 109 cm³/mol. The van der Waals surface area contributed by atoms with Crippen LogP contribution in [0.15, 0.2) is 35.3 Å². The third kappa shape index (κ3) is 4.59. The number of ether oxygens (including phenoxy) is 1. The minimum atomic E-state index is 0.104. The zero-order valence-electron chi connectivity index (χ0n) is 16.7. The highest BCUT2D eigenvalue weighted by Gasteiger charge is 2.35. The van der Waals surface area contributed by atoms with Crippen molar-refractivity contribution in [2.45, 2.75) is 45.4 Å². The van der Waals surface area contributed by atoms with E-state index >= 15 is 0 Å². The highest BCUT2D eigenvalue weighted by atomic mass is 16.5. The number of rotatable bonds is 4. The lowest BCUT2D eigenvalue weighted by Gasteiger charge is -2.39. The average Bonchev–Trinajstić information content (AvgIpc) is 2.66. The molecular formula is C22H35N3O. The van der Waals surface area contributed by atoms with Gasteiger partial charge in [-0.25, -0.2) is 0 Å². The lowest BCUT2D eigenvalue weighted by Crippen LogP contribution is -2.49. The van der Waals surface area contributed by atoms with Gasteiger partial charge in [-0.3, -0.25) is 4.99 Å². The molecule has 1 aromatic carbocycles. The molecule has 0 saturated carbocycles. The van der Waals surface area contributed by atoms with Crippen LogP contribution in [0.25, 0.3) is 0 Å². The Kier molecular flexibility index (Phi) is 6.58. The number of nitrogens with zero attached hydrogens (tertiary/aromatic N) is 2. The molecule has 144 valence electrons. The second-order valence-corrected chi connectivity index (χ2v) is 8.28. The van der Waals surface area contributed by atoms with E-state index in [-0.39, 0.29) is 5.41 Å². The summed E-state index contributed by atoms with van der Waals surface area (Å²) in [5, 5.41) is 3.55. The van der Waals surface area contributed by atoms with Gasteiger partial charge in [-0.05, 0) is 43.6 Å². The van der Waals surface area contributed by atoms with Crippen molar-refractivity contribution in [3.8, 4) is 0 Å². The molecule has 4 heteroatoms. The normalized spacial score (nSPS) is 26.6. The largest absolute Gasteiger partial charge is 0.381 e. The highest BCUT2D eigenvalue weighted by molar-refractivity contribution is 5.80. The van der Waals surface area contributed by atoms with Crippen LogP contribution in [0.3, 0.4) is 0 Å². The molecule has 2 unspecified atom stereocenters. The van der Waals surface area contributed by atoms with Crippen LogP contribution in [0.1, 0.15) is 45.6 Å². The van der Waals surface area contributed by atoms with E-state index < -0.39 is 0 Å². The van der Waals surface area contributed by atoms with Gasteiger partial charge in [0.15, 0.2) is 5.96 Å². The van der Waals surface area contributed by atoms with Crippen LogP contribution < -0.4 is 5.32 Å². The lowest BCUT2D eigenvalue weighted by molar-refractivity contribution is 0.0529. The monoisotopic (exact) mass is 357 g/mol. The van der Waals surface area contributed by atoms with Crippen LogP contribution in [0.5, 0.6) is 0 Å². The van der Waals surface area contributed by atoms with E-state index in [1.165, 1.54) is 12.0 Å². The van der Waals surface area contributed by atoms with Gasteiger partial charge in [-0.15, -0.1) is 0 Å². The molecule has 0 aromatic heterocycles. The molecule has 0 spiro atoms. The van der Waals surface area contributed by atoms with Crippen molar-refractivity contribution < 1.29 is 4.74 Å². The summed E-state index contributed by atoms with van der Waals surface area (Å²) in [4.78, 5) is 7.63. The summed E-state index contributed by atoms with van der Waals surface area (Å²) in [6.45, 7) is 12.5.